The van der Waals surface area contributed by atoms with Crippen molar-refractivity contribution in [1.29, 1.82) is 0 Å². The summed E-state index contributed by atoms with van der Waals surface area (Å²) in [5.74, 6) is -0.120. The summed E-state index contributed by atoms with van der Waals surface area (Å²) in [6, 6.07) is 12.6. The molecule has 0 heterocycles. The third-order valence-corrected chi connectivity index (χ3v) is 3.65. The van der Waals surface area contributed by atoms with Gasteiger partial charge < -0.3 is 14.2 Å². The molecule has 0 bridgehead atoms. The highest BCUT2D eigenvalue weighted by Crippen LogP contribution is 2.20. The zero-order chi connectivity index (χ0) is 19.6. The van der Waals surface area contributed by atoms with Gasteiger partial charge in [0.2, 0.25) is 0 Å². The molecule has 0 aliphatic heterocycles. The molecule has 0 N–H and O–H groups in total. The Balaban J connectivity index is 1.89. The predicted octanol–water partition coefficient (Wildman–Crippen LogP) is 4.57. The molecule has 2 aromatic rings. The number of rotatable bonds is 8. The predicted molar refractivity (Wildman–Crippen MR) is 100 cm³/mol. The lowest BCUT2D eigenvalue weighted by atomic mass is 10.2. The summed E-state index contributed by atoms with van der Waals surface area (Å²) in [5.41, 5.74) is 0.807. The van der Waals surface area contributed by atoms with Crippen molar-refractivity contribution in [2.45, 2.75) is 32.8 Å². The smallest absolute Gasteiger partial charge is 0.347 e. The van der Waals surface area contributed by atoms with Crippen LogP contribution >= 0.6 is 0 Å². The maximum Gasteiger partial charge on any atom is 0.347 e. The molecule has 6 heteroatoms. The number of unbranched alkanes of at least 4 members (excludes halogenated alkanes) is 1. The molecule has 6 nitrogen and oxygen atoms in total. The van der Waals surface area contributed by atoms with Gasteiger partial charge in [-0.15, -0.1) is 0 Å². The molecular weight excluding hydrogens is 346 g/mol. The average Bonchev–Trinajstić information content (AvgIpc) is 2.69. The van der Waals surface area contributed by atoms with Gasteiger partial charge in [-0.2, -0.15) is 0 Å². The van der Waals surface area contributed by atoms with Crippen molar-refractivity contribution in [2.24, 2.45) is 0 Å². The second-order valence-electron chi connectivity index (χ2n) is 5.80. The van der Waals surface area contributed by atoms with E-state index in [2.05, 4.69) is 4.85 Å². The summed E-state index contributed by atoms with van der Waals surface area (Å²) in [6.45, 7) is 10.9. The van der Waals surface area contributed by atoms with E-state index in [0.717, 1.165) is 12.8 Å². The molecule has 0 amide bonds. The van der Waals surface area contributed by atoms with Gasteiger partial charge in [-0.05, 0) is 37.6 Å². The summed E-state index contributed by atoms with van der Waals surface area (Å²) in [5, 5.41) is 0. The Morgan fingerprint density at radius 2 is 1.67 bits per heavy atom. The van der Waals surface area contributed by atoms with Crippen LogP contribution in [0.4, 0.5) is 5.69 Å². The number of carbonyl (C=O) groups is 2. The molecule has 0 aromatic heterocycles. The topological polar surface area (TPSA) is 66.2 Å². The average molecular weight is 367 g/mol. The summed E-state index contributed by atoms with van der Waals surface area (Å²) in [4.78, 5) is 27.2. The number of ether oxygens (including phenoxy) is 3. The van der Waals surface area contributed by atoms with Gasteiger partial charge >= 0.3 is 11.9 Å². The van der Waals surface area contributed by atoms with Crippen LogP contribution in [0.1, 0.15) is 37.0 Å². The van der Waals surface area contributed by atoms with E-state index in [9.17, 15) is 9.59 Å². The van der Waals surface area contributed by atoms with Crippen LogP contribution in [-0.4, -0.2) is 24.6 Å². The van der Waals surface area contributed by atoms with E-state index >= 15 is 0 Å². The Labute approximate surface area is 158 Å². The van der Waals surface area contributed by atoms with E-state index in [1.165, 1.54) is 0 Å². The van der Waals surface area contributed by atoms with Crippen molar-refractivity contribution in [3.8, 4) is 11.5 Å². The molecule has 2 rings (SSSR count). The fourth-order valence-corrected chi connectivity index (χ4v) is 2.11. The SMILES string of the molecule is [C-]#[N+]c1ccc(C(=O)Oc2ccc(O[C@@H](C)C(=O)OCCCC)cc2)cc1. The molecule has 0 saturated carbocycles. The summed E-state index contributed by atoms with van der Waals surface area (Å²) >= 11 is 0. The van der Waals surface area contributed by atoms with Crippen molar-refractivity contribution in [1.82, 2.24) is 0 Å². The molecule has 0 radical (unpaired) electrons. The molecule has 0 aliphatic carbocycles. The number of carbonyl (C=O) groups excluding carboxylic acids is 2. The Hall–Kier alpha value is -3.33. The van der Waals surface area contributed by atoms with Crippen molar-refractivity contribution in [3.63, 3.8) is 0 Å². The lowest BCUT2D eigenvalue weighted by molar-refractivity contribution is -0.151. The van der Waals surface area contributed by atoms with Gasteiger partial charge in [0.25, 0.3) is 0 Å². The van der Waals surface area contributed by atoms with Crippen LogP contribution in [0.2, 0.25) is 0 Å². The normalized spacial score (nSPS) is 11.1. The van der Waals surface area contributed by atoms with E-state index in [-0.39, 0.29) is 0 Å². The van der Waals surface area contributed by atoms with Crippen molar-refractivity contribution < 1.29 is 23.8 Å². The molecular formula is C21H21NO5. The lowest BCUT2D eigenvalue weighted by Gasteiger charge is -2.14. The maximum atomic E-state index is 12.1. The van der Waals surface area contributed by atoms with Crippen LogP contribution in [0, 0.1) is 6.57 Å². The Morgan fingerprint density at radius 1 is 1.04 bits per heavy atom. The van der Waals surface area contributed by atoms with Gasteiger partial charge in [0.1, 0.15) is 11.5 Å². The number of hydrogen-bond donors (Lipinski definition) is 0. The maximum absolute atomic E-state index is 12.1. The summed E-state index contributed by atoms with van der Waals surface area (Å²) < 4.78 is 15.9. The molecule has 0 fully saturated rings. The largest absolute Gasteiger partial charge is 0.479 e. The fourth-order valence-electron chi connectivity index (χ4n) is 2.11. The van der Waals surface area contributed by atoms with Gasteiger partial charge in [0.05, 0.1) is 18.7 Å². The molecule has 0 spiro atoms. The molecule has 140 valence electrons. The third kappa shape index (κ3) is 6.15. The second-order valence-corrected chi connectivity index (χ2v) is 5.80. The zero-order valence-corrected chi connectivity index (χ0v) is 15.3. The summed E-state index contributed by atoms with van der Waals surface area (Å²) in [6.07, 6.45) is 1.04. The second kappa shape index (κ2) is 9.97. The first-order valence-corrected chi connectivity index (χ1v) is 8.66. The minimum atomic E-state index is -0.726. The lowest BCUT2D eigenvalue weighted by Crippen LogP contribution is -2.26. The molecule has 2 aromatic carbocycles. The highest BCUT2D eigenvalue weighted by atomic mass is 16.6. The van der Waals surface area contributed by atoms with E-state index in [1.54, 1.807) is 55.5 Å². The van der Waals surface area contributed by atoms with Gasteiger partial charge in [0.15, 0.2) is 11.8 Å². The highest BCUT2D eigenvalue weighted by Gasteiger charge is 2.16. The van der Waals surface area contributed by atoms with E-state index in [0.29, 0.717) is 29.4 Å². The van der Waals surface area contributed by atoms with Crippen LogP contribution in [-0.2, 0) is 9.53 Å². The molecule has 27 heavy (non-hydrogen) atoms. The van der Waals surface area contributed by atoms with E-state index in [4.69, 9.17) is 20.8 Å². The third-order valence-electron chi connectivity index (χ3n) is 3.65. The van der Waals surface area contributed by atoms with Gasteiger partial charge in [-0.3, -0.25) is 0 Å². The van der Waals surface area contributed by atoms with Crippen LogP contribution in [0.25, 0.3) is 4.85 Å². The van der Waals surface area contributed by atoms with Crippen molar-refractivity contribution in [3.05, 3.63) is 65.5 Å². The van der Waals surface area contributed by atoms with E-state index in [1.807, 2.05) is 6.92 Å². The first kappa shape index (κ1) is 20.0. The van der Waals surface area contributed by atoms with Crippen LogP contribution < -0.4 is 9.47 Å². The Morgan fingerprint density at radius 3 is 2.26 bits per heavy atom. The van der Waals surface area contributed by atoms with Crippen LogP contribution in [0.15, 0.2) is 48.5 Å². The van der Waals surface area contributed by atoms with Crippen molar-refractivity contribution >= 4 is 17.6 Å². The number of esters is 2. The van der Waals surface area contributed by atoms with E-state index < -0.39 is 18.0 Å². The van der Waals surface area contributed by atoms with Gasteiger partial charge in [0, 0.05) is 0 Å². The monoisotopic (exact) mass is 367 g/mol. The standard InChI is InChI=1S/C21H21NO5/c1-4-5-14-25-20(23)15(2)26-18-10-12-19(13-11-18)27-21(24)16-6-8-17(22-3)9-7-16/h6-13,15H,4-5,14H2,1-2H3/t15-/m0/s1. The number of hydrogen-bond acceptors (Lipinski definition) is 5. The van der Waals surface area contributed by atoms with Gasteiger partial charge in [-0.1, -0.05) is 37.6 Å². The first-order chi connectivity index (χ1) is 13.0. The Bertz CT molecular complexity index is 806. The molecule has 0 saturated heterocycles. The molecule has 1 atom stereocenters. The minimum absolute atomic E-state index is 0.347. The van der Waals surface area contributed by atoms with Crippen LogP contribution in [0.3, 0.4) is 0 Å². The molecule has 0 unspecified atom stereocenters. The first-order valence-electron chi connectivity index (χ1n) is 8.66. The van der Waals surface area contributed by atoms with Gasteiger partial charge in [-0.25, -0.2) is 14.4 Å². The number of nitrogens with zero attached hydrogens (tertiary/aromatic N) is 1. The Kier molecular flexibility index (Phi) is 7.38. The summed E-state index contributed by atoms with van der Waals surface area (Å²) in [7, 11) is 0. The van der Waals surface area contributed by atoms with Crippen molar-refractivity contribution in [2.75, 3.05) is 6.61 Å². The van der Waals surface area contributed by atoms with Crippen LogP contribution in [0.5, 0.6) is 11.5 Å². The molecule has 0 aliphatic rings. The highest BCUT2D eigenvalue weighted by molar-refractivity contribution is 5.91. The number of benzene rings is 2. The minimum Gasteiger partial charge on any atom is -0.479 e. The zero-order valence-electron chi connectivity index (χ0n) is 15.3. The quantitative estimate of drug-likeness (QED) is 0.296. The fraction of sp³-hybridized carbons (Fsp3) is 0.286.